The molecule has 0 saturated heterocycles. The van der Waals surface area contributed by atoms with Crippen LogP contribution >= 0.6 is 11.6 Å². The number of fused-ring (bicyclic) bond motifs is 1. The summed E-state index contributed by atoms with van der Waals surface area (Å²) in [7, 11) is 0. The van der Waals surface area contributed by atoms with Crippen LogP contribution in [0.1, 0.15) is 5.56 Å². The summed E-state index contributed by atoms with van der Waals surface area (Å²) >= 11 is 5.60. The number of nitrogens with one attached hydrogen (secondary N) is 1. The highest BCUT2D eigenvalue weighted by Gasteiger charge is 2.33. The van der Waals surface area contributed by atoms with Gasteiger partial charge in [0, 0.05) is 11.8 Å². The van der Waals surface area contributed by atoms with Crippen molar-refractivity contribution in [2.24, 2.45) is 0 Å². The van der Waals surface area contributed by atoms with E-state index in [4.69, 9.17) is 16.7 Å². The van der Waals surface area contributed by atoms with Gasteiger partial charge in [-0.25, -0.2) is 4.98 Å². The molecule has 3 aromatic rings. The van der Waals surface area contributed by atoms with Crippen molar-refractivity contribution in [2.75, 3.05) is 0 Å². The first kappa shape index (κ1) is 17.0. The average molecular weight is 372 g/mol. The van der Waals surface area contributed by atoms with Crippen molar-refractivity contribution in [1.29, 1.82) is 0 Å². The minimum atomic E-state index is -4.65. The highest BCUT2D eigenvalue weighted by molar-refractivity contribution is 6.31. The molecule has 0 spiro atoms. The Balaban J connectivity index is 2.23. The largest absolute Gasteiger partial charge is 0.480 e. The number of halogens is 4. The molecule has 10 heteroatoms. The molecule has 130 valence electrons. The predicted molar refractivity (Wildman–Crippen MR) is 83.4 cm³/mol. The number of hydrogen-bond donors (Lipinski definition) is 2. The fraction of sp³-hybridized carbons (Fsp3) is 0.133. The van der Waals surface area contributed by atoms with Crippen molar-refractivity contribution in [3.63, 3.8) is 0 Å². The first-order valence-electron chi connectivity index (χ1n) is 6.84. The van der Waals surface area contributed by atoms with Crippen LogP contribution in [0.4, 0.5) is 13.2 Å². The third-order valence-electron chi connectivity index (χ3n) is 3.55. The highest BCUT2D eigenvalue weighted by Crippen LogP contribution is 2.38. The summed E-state index contributed by atoms with van der Waals surface area (Å²) in [5.74, 6) is -1.24. The Bertz CT molecular complexity index is 1040. The lowest BCUT2D eigenvalue weighted by atomic mass is 10.0. The van der Waals surface area contributed by atoms with Crippen LogP contribution in [0.3, 0.4) is 0 Å². The van der Waals surface area contributed by atoms with E-state index in [0.29, 0.717) is 0 Å². The molecule has 0 unspecified atom stereocenters. The van der Waals surface area contributed by atoms with Crippen LogP contribution < -0.4 is 5.56 Å². The first-order chi connectivity index (χ1) is 11.7. The lowest BCUT2D eigenvalue weighted by molar-refractivity contribution is -0.138. The quantitative estimate of drug-likeness (QED) is 0.740. The van der Waals surface area contributed by atoms with E-state index in [1.54, 1.807) is 0 Å². The summed E-state index contributed by atoms with van der Waals surface area (Å²) < 4.78 is 40.0. The van der Waals surface area contributed by atoms with Gasteiger partial charge in [-0.3, -0.25) is 14.2 Å². The number of carbonyl (C=O) groups is 1. The Morgan fingerprint density at radius 2 is 2.08 bits per heavy atom. The number of benzene rings is 1. The van der Waals surface area contributed by atoms with Gasteiger partial charge in [-0.1, -0.05) is 17.7 Å². The molecule has 0 radical (unpaired) electrons. The van der Waals surface area contributed by atoms with Crippen LogP contribution in [0, 0.1) is 0 Å². The molecule has 0 aliphatic carbocycles. The summed E-state index contributed by atoms with van der Waals surface area (Å²) in [4.78, 5) is 29.9. The third-order valence-corrected chi connectivity index (χ3v) is 3.88. The van der Waals surface area contributed by atoms with Gasteiger partial charge in [0.05, 0.1) is 16.0 Å². The van der Waals surface area contributed by atoms with Gasteiger partial charge in [-0.05, 0) is 17.7 Å². The van der Waals surface area contributed by atoms with Gasteiger partial charge in [-0.2, -0.15) is 13.2 Å². The second-order valence-corrected chi connectivity index (χ2v) is 5.60. The van der Waals surface area contributed by atoms with Crippen LogP contribution in [-0.2, 0) is 17.5 Å². The van der Waals surface area contributed by atoms with Gasteiger partial charge < -0.3 is 10.1 Å². The maximum absolute atomic E-state index is 13.0. The summed E-state index contributed by atoms with van der Waals surface area (Å²) in [5.41, 5.74) is -1.28. The molecular weight excluding hydrogens is 363 g/mol. The Kier molecular flexibility index (Phi) is 4.03. The number of carboxylic acid groups (broad SMARTS) is 1. The minimum absolute atomic E-state index is 0.000744. The maximum atomic E-state index is 13.0. The minimum Gasteiger partial charge on any atom is -0.480 e. The van der Waals surface area contributed by atoms with Gasteiger partial charge in [-0.15, -0.1) is 0 Å². The third kappa shape index (κ3) is 3.10. The summed E-state index contributed by atoms with van der Waals surface area (Å²) in [6.07, 6.45) is -2.25. The van der Waals surface area contributed by atoms with Gasteiger partial charge in [0.2, 0.25) is 0 Å². The molecule has 2 N–H and O–H groups in total. The number of rotatable bonds is 3. The van der Waals surface area contributed by atoms with E-state index in [-0.39, 0.29) is 22.2 Å². The van der Waals surface area contributed by atoms with Gasteiger partial charge in [0.15, 0.2) is 0 Å². The number of aliphatic carboxylic acids is 1. The number of alkyl halides is 3. The molecule has 0 saturated carbocycles. The lowest BCUT2D eigenvalue weighted by Crippen LogP contribution is -2.24. The molecule has 6 nitrogen and oxygen atoms in total. The van der Waals surface area contributed by atoms with Crippen molar-refractivity contribution in [2.45, 2.75) is 12.7 Å². The van der Waals surface area contributed by atoms with Crippen LogP contribution in [0.5, 0.6) is 0 Å². The molecule has 2 aromatic heterocycles. The van der Waals surface area contributed by atoms with E-state index in [2.05, 4.69) is 9.97 Å². The monoisotopic (exact) mass is 371 g/mol. The molecule has 0 fully saturated rings. The molecule has 25 heavy (non-hydrogen) atoms. The zero-order chi connectivity index (χ0) is 18.4. The second-order valence-electron chi connectivity index (χ2n) is 5.19. The highest BCUT2D eigenvalue weighted by atomic mass is 35.5. The van der Waals surface area contributed by atoms with E-state index in [1.165, 1.54) is 12.3 Å². The number of aromatic amines is 1. The fourth-order valence-corrected chi connectivity index (χ4v) is 2.67. The number of nitrogens with zero attached hydrogens (tertiary/aromatic N) is 2. The van der Waals surface area contributed by atoms with E-state index in [9.17, 15) is 22.8 Å². The predicted octanol–water partition coefficient (Wildman–Crippen LogP) is 3.15. The molecule has 0 aliphatic rings. The number of aromatic nitrogens is 3. The van der Waals surface area contributed by atoms with Crippen molar-refractivity contribution >= 4 is 28.6 Å². The SMILES string of the molecule is O=C(O)Cn1cnc2[nH]cc(-c3ccc(Cl)c(C(F)(F)F)c3)c2c1=O. The van der Waals surface area contributed by atoms with E-state index >= 15 is 0 Å². The first-order valence-corrected chi connectivity index (χ1v) is 7.21. The van der Waals surface area contributed by atoms with Crippen molar-refractivity contribution in [3.8, 4) is 11.1 Å². The second kappa shape index (κ2) is 5.92. The van der Waals surface area contributed by atoms with E-state index < -0.39 is 34.8 Å². The Labute approximate surface area is 142 Å². The van der Waals surface area contributed by atoms with Gasteiger partial charge in [0.1, 0.15) is 18.5 Å². The van der Waals surface area contributed by atoms with Gasteiger partial charge >= 0.3 is 12.1 Å². The molecular formula is C15H9ClF3N3O3. The number of H-pyrrole nitrogens is 1. The maximum Gasteiger partial charge on any atom is 0.417 e. The van der Waals surface area contributed by atoms with Crippen LogP contribution in [0.2, 0.25) is 5.02 Å². The van der Waals surface area contributed by atoms with Crippen molar-refractivity contribution in [3.05, 3.63) is 51.7 Å². The topological polar surface area (TPSA) is 88.0 Å². The molecule has 0 atom stereocenters. The molecule has 0 aliphatic heterocycles. The summed E-state index contributed by atoms with van der Waals surface area (Å²) in [6.45, 7) is -0.610. The molecule has 0 bridgehead atoms. The number of carboxylic acids is 1. The van der Waals surface area contributed by atoms with Crippen LogP contribution in [0.15, 0.2) is 35.5 Å². The Hall–Kier alpha value is -2.81. The Morgan fingerprint density at radius 3 is 2.72 bits per heavy atom. The van der Waals surface area contributed by atoms with Gasteiger partial charge in [0.25, 0.3) is 5.56 Å². The molecule has 1 aromatic carbocycles. The smallest absolute Gasteiger partial charge is 0.417 e. The lowest BCUT2D eigenvalue weighted by Gasteiger charge is -2.10. The van der Waals surface area contributed by atoms with Crippen molar-refractivity contribution < 1.29 is 23.1 Å². The molecule has 0 amide bonds. The fourth-order valence-electron chi connectivity index (χ4n) is 2.45. The standard InChI is InChI=1S/C15H9ClF3N3O3/c16-10-2-1-7(3-9(10)15(17,18)19)8-4-20-13-12(8)14(25)22(6-21-13)5-11(23)24/h1-4,6,20H,5H2,(H,23,24). The normalized spacial score (nSPS) is 11.8. The molecule has 2 heterocycles. The summed E-state index contributed by atoms with van der Waals surface area (Å²) in [5, 5.41) is 8.36. The van der Waals surface area contributed by atoms with Crippen LogP contribution in [-0.4, -0.2) is 25.6 Å². The zero-order valence-corrected chi connectivity index (χ0v) is 13.0. The van der Waals surface area contributed by atoms with Crippen LogP contribution in [0.25, 0.3) is 22.2 Å². The van der Waals surface area contributed by atoms with E-state index in [0.717, 1.165) is 23.0 Å². The molecule has 3 rings (SSSR count). The summed E-state index contributed by atoms with van der Waals surface area (Å²) in [6, 6.07) is 3.26. The Morgan fingerprint density at radius 1 is 1.36 bits per heavy atom. The zero-order valence-electron chi connectivity index (χ0n) is 12.3. The van der Waals surface area contributed by atoms with E-state index in [1.807, 2.05) is 0 Å². The number of hydrogen-bond acceptors (Lipinski definition) is 3. The van der Waals surface area contributed by atoms with Crippen molar-refractivity contribution in [1.82, 2.24) is 14.5 Å². The average Bonchev–Trinajstić information content (AvgIpc) is 2.94.